The highest BCUT2D eigenvalue weighted by Gasteiger charge is 2.34. The number of aryl methyl sites for hydroxylation is 2. The molecule has 2 atom stereocenters. The van der Waals surface area contributed by atoms with Gasteiger partial charge < -0.3 is 18.9 Å². The Morgan fingerprint density at radius 1 is 1.07 bits per heavy atom. The Kier molecular flexibility index (Phi) is 7.85. The molecule has 0 saturated carbocycles. The number of carbonyl (C=O) groups excluding carboxylic acids is 1. The standard InChI is InChI=1S/C33H36FNO7S/c1-19-11-24(40-17-21-15-35(16-21)43(4,37)38)12-20(2)32(19)26-7-9-28(34)33-27(26)8-10-29(33)42-23-5-6-25-22(13-31(36)39-3)18-41-30(25)14-23/h5-7,9,11-12,14,21-22,29H,8,10,13,15-18H2,1-4H3/t22-,29-/m1/s1. The molecule has 0 radical (unpaired) electrons. The number of nitrogens with zero attached hydrogens (tertiary/aromatic N) is 1. The van der Waals surface area contributed by atoms with E-state index in [0.717, 1.165) is 39.1 Å². The van der Waals surface area contributed by atoms with Gasteiger partial charge in [0.25, 0.3) is 0 Å². The summed E-state index contributed by atoms with van der Waals surface area (Å²) in [6.45, 7) is 5.88. The molecule has 0 aromatic heterocycles. The highest BCUT2D eigenvalue weighted by atomic mass is 32.2. The van der Waals surface area contributed by atoms with E-state index >= 15 is 4.39 Å². The maximum absolute atomic E-state index is 15.3. The van der Waals surface area contributed by atoms with Gasteiger partial charge in [0.1, 0.15) is 29.2 Å². The van der Waals surface area contributed by atoms with Crippen LogP contribution in [0.5, 0.6) is 17.2 Å². The van der Waals surface area contributed by atoms with Gasteiger partial charge in [0.15, 0.2) is 0 Å². The minimum Gasteiger partial charge on any atom is -0.493 e. The van der Waals surface area contributed by atoms with Gasteiger partial charge in [-0.15, -0.1) is 0 Å². The van der Waals surface area contributed by atoms with Gasteiger partial charge in [-0.2, -0.15) is 0 Å². The number of ether oxygens (including phenoxy) is 4. The van der Waals surface area contributed by atoms with Crippen LogP contribution < -0.4 is 14.2 Å². The van der Waals surface area contributed by atoms with Crippen LogP contribution in [-0.4, -0.2) is 58.4 Å². The molecule has 6 rings (SSSR count). The molecule has 0 unspecified atom stereocenters. The van der Waals surface area contributed by atoms with E-state index in [2.05, 4.69) is 0 Å². The van der Waals surface area contributed by atoms with Crippen molar-refractivity contribution in [2.75, 3.05) is 39.7 Å². The molecule has 8 nitrogen and oxygen atoms in total. The molecule has 0 N–H and O–H groups in total. The first-order valence-corrected chi connectivity index (χ1v) is 16.4. The van der Waals surface area contributed by atoms with Gasteiger partial charge in [0, 0.05) is 42.1 Å². The van der Waals surface area contributed by atoms with Gasteiger partial charge in [0.05, 0.1) is 33.0 Å². The number of fused-ring (bicyclic) bond motifs is 2. The fourth-order valence-electron chi connectivity index (χ4n) is 6.52. The first-order chi connectivity index (χ1) is 20.5. The summed E-state index contributed by atoms with van der Waals surface area (Å²) >= 11 is 0. The van der Waals surface area contributed by atoms with Crippen LogP contribution in [0, 0.1) is 25.6 Å². The number of benzene rings is 3. The summed E-state index contributed by atoms with van der Waals surface area (Å²) in [5.41, 5.74) is 6.58. The average Bonchev–Trinajstić information content (AvgIpc) is 3.52. The van der Waals surface area contributed by atoms with Crippen molar-refractivity contribution >= 4 is 16.0 Å². The van der Waals surface area contributed by atoms with Gasteiger partial charge in [-0.25, -0.2) is 17.1 Å². The highest BCUT2D eigenvalue weighted by Crippen LogP contribution is 2.45. The topological polar surface area (TPSA) is 91.4 Å². The third kappa shape index (κ3) is 5.82. The molecule has 0 amide bonds. The largest absolute Gasteiger partial charge is 0.493 e. The van der Waals surface area contributed by atoms with Crippen LogP contribution in [-0.2, 0) is 26.0 Å². The number of halogens is 1. The second-order valence-electron chi connectivity index (χ2n) is 11.8. The predicted molar refractivity (Wildman–Crippen MR) is 160 cm³/mol. The monoisotopic (exact) mass is 609 g/mol. The van der Waals surface area contributed by atoms with Crippen LogP contribution in [0.1, 0.15) is 52.7 Å². The molecule has 3 aliphatic rings. The molecular formula is C33H36FNO7S. The third-order valence-corrected chi connectivity index (χ3v) is 9.96. The zero-order valence-electron chi connectivity index (χ0n) is 24.8. The van der Waals surface area contributed by atoms with Gasteiger partial charge >= 0.3 is 5.97 Å². The molecule has 2 aliphatic heterocycles. The maximum Gasteiger partial charge on any atom is 0.306 e. The molecular weight excluding hydrogens is 573 g/mol. The number of carbonyl (C=O) groups is 1. The van der Waals surface area contributed by atoms with E-state index in [1.54, 1.807) is 0 Å². The predicted octanol–water partition coefficient (Wildman–Crippen LogP) is 5.49. The lowest BCUT2D eigenvalue weighted by atomic mass is 9.90. The van der Waals surface area contributed by atoms with Crippen LogP contribution in [0.25, 0.3) is 11.1 Å². The van der Waals surface area contributed by atoms with Gasteiger partial charge in [0.2, 0.25) is 10.0 Å². The number of esters is 1. The summed E-state index contributed by atoms with van der Waals surface area (Å²) in [4.78, 5) is 11.8. The summed E-state index contributed by atoms with van der Waals surface area (Å²) in [6, 6.07) is 12.9. The number of rotatable bonds is 9. The summed E-state index contributed by atoms with van der Waals surface area (Å²) in [7, 11) is -1.77. The number of hydrogen-bond acceptors (Lipinski definition) is 7. The molecule has 2 heterocycles. The van der Waals surface area contributed by atoms with Crippen LogP contribution in [0.3, 0.4) is 0 Å². The molecule has 228 valence electrons. The van der Waals surface area contributed by atoms with E-state index in [4.69, 9.17) is 18.9 Å². The Bertz CT molecular complexity index is 1660. The third-order valence-electron chi connectivity index (χ3n) is 8.72. The van der Waals surface area contributed by atoms with E-state index in [1.165, 1.54) is 23.7 Å². The van der Waals surface area contributed by atoms with Crippen molar-refractivity contribution in [3.63, 3.8) is 0 Å². The summed E-state index contributed by atoms with van der Waals surface area (Å²) in [6.07, 6.45) is 2.38. The lowest BCUT2D eigenvalue weighted by Crippen LogP contribution is -2.51. The minimum absolute atomic E-state index is 0.0598. The Morgan fingerprint density at radius 3 is 2.51 bits per heavy atom. The molecule has 3 aromatic rings. The second-order valence-corrected chi connectivity index (χ2v) is 13.8. The van der Waals surface area contributed by atoms with E-state index in [-0.39, 0.29) is 30.0 Å². The van der Waals surface area contributed by atoms with E-state index in [9.17, 15) is 13.2 Å². The smallest absolute Gasteiger partial charge is 0.306 e. The number of sulfonamides is 1. The lowest BCUT2D eigenvalue weighted by Gasteiger charge is -2.36. The van der Waals surface area contributed by atoms with Crippen molar-refractivity contribution < 1.29 is 36.6 Å². The molecule has 1 aliphatic carbocycles. The van der Waals surface area contributed by atoms with Crippen molar-refractivity contribution in [2.24, 2.45) is 5.92 Å². The van der Waals surface area contributed by atoms with E-state index in [0.29, 0.717) is 56.2 Å². The van der Waals surface area contributed by atoms with Crippen molar-refractivity contribution in [1.29, 1.82) is 0 Å². The molecule has 0 bridgehead atoms. The molecule has 3 aromatic carbocycles. The Balaban J connectivity index is 1.18. The fraction of sp³-hybridized carbons (Fsp3) is 0.424. The van der Waals surface area contributed by atoms with Crippen molar-refractivity contribution in [3.8, 4) is 28.4 Å². The average molecular weight is 610 g/mol. The Morgan fingerprint density at radius 2 is 1.81 bits per heavy atom. The highest BCUT2D eigenvalue weighted by molar-refractivity contribution is 7.88. The van der Waals surface area contributed by atoms with Crippen LogP contribution >= 0.6 is 0 Å². The van der Waals surface area contributed by atoms with Crippen molar-refractivity contribution in [2.45, 2.75) is 45.1 Å². The van der Waals surface area contributed by atoms with E-state index in [1.807, 2.05) is 50.2 Å². The van der Waals surface area contributed by atoms with Crippen LogP contribution in [0.2, 0.25) is 0 Å². The van der Waals surface area contributed by atoms with Crippen LogP contribution in [0.15, 0.2) is 42.5 Å². The quantitative estimate of drug-likeness (QED) is 0.297. The zero-order valence-corrected chi connectivity index (χ0v) is 25.6. The molecule has 1 saturated heterocycles. The number of hydrogen-bond donors (Lipinski definition) is 0. The van der Waals surface area contributed by atoms with E-state index < -0.39 is 16.1 Å². The Hall–Kier alpha value is -3.63. The molecule has 10 heteroatoms. The lowest BCUT2D eigenvalue weighted by molar-refractivity contribution is -0.141. The molecule has 43 heavy (non-hydrogen) atoms. The summed E-state index contributed by atoms with van der Waals surface area (Å²) < 4.78 is 63.1. The van der Waals surface area contributed by atoms with Gasteiger partial charge in [-0.1, -0.05) is 12.1 Å². The van der Waals surface area contributed by atoms with Crippen molar-refractivity contribution in [3.05, 3.63) is 76.1 Å². The second kappa shape index (κ2) is 11.5. The van der Waals surface area contributed by atoms with Crippen molar-refractivity contribution in [1.82, 2.24) is 4.31 Å². The number of methoxy groups -OCH3 is 1. The molecule has 0 spiro atoms. The first-order valence-electron chi connectivity index (χ1n) is 14.5. The van der Waals surface area contributed by atoms with Crippen LogP contribution in [0.4, 0.5) is 4.39 Å². The molecule has 1 fully saturated rings. The Labute approximate surface area is 251 Å². The maximum atomic E-state index is 15.3. The first kappa shape index (κ1) is 29.4. The zero-order chi connectivity index (χ0) is 30.5. The minimum atomic E-state index is -3.15. The fourth-order valence-corrected chi connectivity index (χ4v) is 7.48. The van der Waals surface area contributed by atoms with Gasteiger partial charge in [-0.05, 0) is 78.8 Å². The SMILES string of the molecule is COC(=O)C[C@@H]1COc2cc(O[C@@H]3CCc4c(-c5c(C)cc(OCC6CN(S(C)(=O)=O)C6)cc5C)ccc(F)c43)ccc21. The summed E-state index contributed by atoms with van der Waals surface area (Å²) in [5.74, 6) is 1.57. The summed E-state index contributed by atoms with van der Waals surface area (Å²) in [5, 5.41) is 0. The normalized spacial score (nSPS) is 19.7. The van der Waals surface area contributed by atoms with Gasteiger partial charge in [-0.3, -0.25) is 4.79 Å².